The van der Waals surface area contributed by atoms with Crippen LogP contribution in [0, 0.1) is 0 Å². The Labute approximate surface area is 150 Å². The van der Waals surface area contributed by atoms with Gasteiger partial charge in [-0.15, -0.1) is 0 Å². The van der Waals surface area contributed by atoms with Gasteiger partial charge >= 0.3 is 6.01 Å². The molecule has 3 aromatic rings. The second-order valence-electron chi connectivity index (χ2n) is 5.30. The number of methoxy groups -OCH3 is 1. The molecule has 0 bridgehead atoms. The molecule has 0 atom stereocenters. The smallest absolute Gasteiger partial charge is 0.318 e. The zero-order chi connectivity index (χ0) is 18.6. The van der Waals surface area contributed by atoms with Crippen molar-refractivity contribution in [2.75, 3.05) is 22.9 Å². The quantitative estimate of drug-likeness (QED) is 0.580. The summed E-state index contributed by atoms with van der Waals surface area (Å²) in [5.74, 6) is 1.16. The summed E-state index contributed by atoms with van der Waals surface area (Å²) in [4.78, 5) is 8.10. The summed E-state index contributed by atoms with van der Waals surface area (Å²) < 4.78 is 30.7. The van der Waals surface area contributed by atoms with Gasteiger partial charge in [0, 0.05) is 18.0 Å². The number of hydrogen-bond acceptors (Lipinski definition) is 7. The summed E-state index contributed by atoms with van der Waals surface area (Å²) >= 11 is 0. The highest BCUT2D eigenvalue weighted by atomic mass is 32.2. The standard InChI is InChI=1S/C16H18N6O3S/c1-3-26(23,24)22-12-6-4-11(5-7-12)13-10-15(21-20-13)18-14-8-9-17-16(19-14)25-2/h4-10,22H,3H2,1-2H3,(H2,17,18,19,20,21). The van der Waals surface area contributed by atoms with E-state index in [4.69, 9.17) is 4.74 Å². The average molecular weight is 374 g/mol. The van der Waals surface area contributed by atoms with Gasteiger partial charge in [0.2, 0.25) is 10.0 Å². The Morgan fingerprint density at radius 2 is 1.92 bits per heavy atom. The average Bonchev–Trinajstić information content (AvgIpc) is 3.10. The van der Waals surface area contributed by atoms with Crippen LogP contribution < -0.4 is 14.8 Å². The third-order valence-electron chi connectivity index (χ3n) is 3.50. The molecule has 0 unspecified atom stereocenters. The number of aromatic nitrogens is 4. The number of nitrogens with one attached hydrogen (secondary N) is 3. The number of H-pyrrole nitrogens is 1. The number of ether oxygens (including phenoxy) is 1. The molecule has 10 heteroatoms. The van der Waals surface area contributed by atoms with E-state index in [1.807, 2.05) is 6.07 Å². The molecule has 0 aliphatic heterocycles. The number of rotatable bonds is 7. The molecule has 2 aromatic heterocycles. The van der Waals surface area contributed by atoms with Gasteiger partial charge in [0.15, 0.2) is 5.82 Å². The summed E-state index contributed by atoms with van der Waals surface area (Å²) in [7, 11) is -1.79. The molecule has 0 spiro atoms. The maximum atomic E-state index is 11.6. The van der Waals surface area contributed by atoms with Crippen LogP contribution in [0.2, 0.25) is 0 Å². The molecule has 26 heavy (non-hydrogen) atoms. The summed E-state index contributed by atoms with van der Waals surface area (Å²) in [6.07, 6.45) is 1.58. The molecule has 9 nitrogen and oxygen atoms in total. The number of aromatic amines is 1. The molecule has 0 aliphatic carbocycles. The SMILES string of the molecule is CCS(=O)(=O)Nc1ccc(-c2cc(Nc3ccnc(OC)n3)n[nH]2)cc1. The number of anilines is 3. The number of hydrogen-bond donors (Lipinski definition) is 3. The highest BCUT2D eigenvalue weighted by Crippen LogP contribution is 2.23. The lowest BCUT2D eigenvalue weighted by atomic mass is 10.1. The van der Waals surface area contributed by atoms with E-state index in [1.165, 1.54) is 7.11 Å². The molecule has 3 rings (SSSR count). The minimum atomic E-state index is -3.29. The summed E-state index contributed by atoms with van der Waals surface area (Å²) in [6, 6.07) is 10.8. The van der Waals surface area contributed by atoms with Gasteiger partial charge in [-0.2, -0.15) is 10.1 Å². The van der Waals surface area contributed by atoms with Crippen LogP contribution in [0.5, 0.6) is 6.01 Å². The van der Waals surface area contributed by atoms with Crippen LogP contribution in [0.3, 0.4) is 0 Å². The zero-order valence-electron chi connectivity index (χ0n) is 14.2. The third kappa shape index (κ3) is 4.28. The van der Waals surface area contributed by atoms with Crippen LogP contribution in [0.4, 0.5) is 17.3 Å². The van der Waals surface area contributed by atoms with Crippen LogP contribution in [0.1, 0.15) is 6.92 Å². The Morgan fingerprint density at radius 3 is 2.62 bits per heavy atom. The van der Waals surface area contributed by atoms with Gasteiger partial charge in [0.05, 0.1) is 18.6 Å². The van der Waals surface area contributed by atoms with E-state index in [-0.39, 0.29) is 11.8 Å². The van der Waals surface area contributed by atoms with Crippen LogP contribution in [-0.2, 0) is 10.0 Å². The minimum absolute atomic E-state index is 0.0259. The highest BCUT2D eigenvalue weighted by molar-refractivity contribution is 7.92. The molecule has 3 N–H and O–H groups in total. The second kappa shape index (κ2) is 7.40. The van der Waals surface area contributed by atoms with Crippen molar-refractivity contribution in [3.8, 4) is 17.3 Å². The fourth-order valence-corrected chi connectivity index (χ4v) is 2.78. The Balaban J connectivity index is 1.73. The molecule has 0 radical (unpaired) electrons. The lowest BCUT2D eigenvalue weighted by Crippen LogP contribution is -2.14. The third-order valence-corrected chi connectivity index (χ3v) is 4.81. The van der Waals surface area contributed by atoms with Crippen LogP contribution in [0.25, 0.3) is 11.3 Å². The van der Waals surface area contributed by atoms with Gasteiger partial charge in [0.25, 0.3) is 0 Å². The van der Waals surface area contributed by atoms with E-state index in [0.29, 0.717) is 17.3 Å². The number of sulfonamides is 1. The molecule has 0 amide bonds. The first-order valence-corrected chi connectivity index (χ1v) is 9.44. The minimum Gasteiger partial charge on any atom is -0.467 e. The van der Waals surface area contributed by atoms with E-state index in [0.717, 1.165) is 11.3 Å². The lowest BCUT2D eigenvalue weighted by Gasteiger charge is -2.06. The second-order valence-corrected chi connectivity index (χ2v) is 7.31. The van der Waals surface area contributed by atoms with Gasteiger partial charge in [0.1, 0.15) is 5.82 Å². The largest absolute Gasteiger partial charge is 0.467 e. The lowest BCUT2D eigenvalue weighted by molar-refractivity contribution is 0.380. The van der Waals surface area contributed by atoms with Crippen molar-refractivity contribution < 1.29 is 13.2 Å². The van der Waals surface area contributed by atoms with Crippen LogP contribution >= 0.6 is 0 Å². The first-order valence-electron chi connectivity index (χ1n) is 7.79. The topological polar surface area (TPSA) is 122 Å². The van der Waals surface area contributed by atoms with Gasteiger partial charge in [-0.25, -0.2) is 13.4 Å². The van der Waals surface area contributed by atoms with Crippen molar-refractivity contribution in [3.05, 3.63) is 42.6 Å². The fraction of sp³-hybridized carbons (Fsp3) is 0.188. The van der Waals surface area contributed by atoms with Gasteiger partial charge < -0.3 is 10.1 Å². The number of benzene rings is 1. The first kappa shape index (κ1) is 17.7. The molecule has 2 heterocycles. The zero-order valence-corrected chi connectivity index (χ0v) is 15.0. The molecule has 1 aromatic carbocycles. The molecule has 0 saturated carbocycles. The van der Waals surface area contributed by atoms with Crippen molar-refractivity contribution in [2.45, 2.75) is 6.92 Å². The Morgan fingerprint density at radius 1 is 1.15 bits per heavy atom. The molecule has 0 fully saturated rings. The molecular weight excluding hydrogens is 356 g/mol. The Kier molecular flexibility index (Phi) is 5.03. The monoisotopic (exact) mass is 374 g/mol. The molecule has 136 valence electrons. The summed E-state index contributed by atoms with van der Waals surface area (Å²) in [5.41, 5.74) is 2.16. The van der Waals surface area contributed by atoms with Crippen molar-refractivity contribution in [1.29, 1.82) is 0 Å². The normalized spacial score (nSPS) is 11.2. The maximum absolute atomic E-state index is 11.6. The maximum Gasteiger partial charge on any atom is 0.318 e. The molecule has 0 aliphatic rings. The van der Waals surface area contributed by atoms with Crippen LogP contribution in [0.15, 0.2) is 42.6 Å². The van der Waals surface area contributed by atoms with E-state index >= 15 is 0 Å². The van der Waals surface area contributed by atoms with E-state index in [1.54, 1.807) is 43.5 Å². The number of nitrogens with zero attached hydrogens (tertiary/aromatic N) is 3. The predicted molar refractivity (Wildman–Crippen MR) is 99.0 cm³/mol. The van der Waals surface area contributed by atoms with Gasteiger partial charge in [-0.05, 0) is 30.7 Å². The van der Waals surface area contributed by atoms with Crippen molar-refractivity contribution in [2.24, 2.45) is 0 Å². The van der Waals surface area contributed by atoms with Gasteiger partial charge in [-0.1, -0.05) is 12.1 Å². The van der Waals surface area contributed by atoms with Crippen molar-refractivity contribution in [1.82, 2.24) is 20.2 Å². The first-order chi connectivity index (χ1) is 12.5. The summed E-state index contributed by atoms with van der Waals surface area (Å²) in [5, 5.41) is 10.2. The van der Waals surface area contributed by atoms with E-state index in [2.05, 4.69) is 30.2 Å². The van der Waals surface area contributed by atoms with Gasteiger partial charge in [-0.3, -0.25) is 9.82 Å². The fourth-order valence-electron chi connectivity index (χ4n) is 2.14. The predicted octanol–water partition coefficient (Wildman–Crippen LogP) is 2.38. The van der Waals surface area contributed by atoms with Crippen molar-refractivity contribution >= 4 is 27.3 Å². The van der Waals surface area contributed by atoms with E-state index < -0.39 is 10.0 Å². The summed E-state index contributed by atoms with van der Waals surface area (Å²) in [6.45, 7) is 1.59. The van der Waals surface area contributed by atoms with Crippen LogP contribution in [-0.4, -0.2) is 41.4 Å². The molecule has 0 saturated heterocycles. The Hall–Kier alpha value is -3.14. The highest BCUT2D eigenvalue weighted by Gasteiger charge is 2.08. The molecular formula is C16H18N6O3S. The Bertz CT molecular complexity index is 985. The van der Waals surface area contributed by atoms with E-state index in [9.17, 15) is 8.42 Å². The van der Waals surface area contributed by atoms with Crippen molar-refractivity contribution in [3.63, 3.8) is 0 Å².